The van der Waals surface area contributed by atoms with Gasteiger partial charge in [0.05, 0.1) is 34.4 Å². The zero-order valence-corrected chi connectivity index (χ0v) is 59.0. The summed E-state index contributed by atoms with van der Waals surface area (Å²) >= 11 is 0. The third-order valence-corrected chi connectivity index (χ3v) is 16.0. The average molecular weight is 1260 g/mol. The van der Waals surface area contributed by atoms with Gasteiger partial charge in [-0.05, 0) is 89.9 Å². The van der Waals surface area contributed by atoms with E-state index in [9.17, 15) is 19.5 Å². The molecule has 90 heavy (non-hydrogen) atoms. The molecule has 0 heterocycles. The number of aliphatic carboxylic acids is 1. The highest BCUT2D eigenvalue weighted by atomic mass is 16.7. The van der Waals surface area contributed by atoms with Gasteiger partial charge in [-0.25, -0.2) is 4.79 Å². The fourth-order valence-electron chi connectivity index (χ4n) is 10.3. The van der Waals surface area contributed by atoms with Gasteiger partial charge in [-0.15, -0.1) is 0 Å². The van der Waals surface area contributed by atoms with Crippen LogP contribution in [0.5, 0.6) is 0 Å². The van der Waals surface area contributed by atoms with Crippen molar-refractivity contribution in [2.75, 3.05) is 47.5 Å². The normalized spacial score (nSPS) is 13.4. The van der Waals surface area contributed by atoms with Gasteiger partial charge in [-0.1, -0.05) is 334 Å². The van der Waals surface area contributed by atoms with Crippen LogP contribution in [0.2, 0.25) is 0 Å². The predicted molar refractivity (Wildman–Crippen MR) is 387 cm³/mol. The van der Waals surface area contributed by atoms with Crippen molar-refractivity contribution in [1.82, 2.24) is 0 Å². The van der Waals surface area contributed by atoms with Gasteiger partial charge in [0.2, 0.25) is 0 Å². The van der Waals surface area contributed by atoms with E-state index in [1.807, 2.05) is 21.1 Å². The van der Waals surface area contributed by atoms with E-state index >= 15 is 0 Å². The number of hydrogen-bond acceptors (Lipinski definition) is 7. The Bertz CT molecular complexity index is 1900. The van der Waals surface area contributed by atoms with Crippen LogP contribution in [0.25, 0.3) is 0 Å². The van der Waals surface area contributed by atoms with E-state index in [4.69, 9.17) is 18.9 Å². The number of unbranched alkanes of at least 4 members (excludes halogenated alkanes) is 33. The van der Waals surface area contributed by atoms with Crippen LogP contribution in [-0.2, 0) is 33.3 Å². The summed E-state index contributed by atoms with van der Waals surface area (Å²) in [4.78, 5) is 37.6. The maximum Gasteiger partial charge on any atom is 0.361 e. The Morgan fingerprint density at radius 1 is 0.344 bits per heavy atom. The topological polar surface area (TPSA) is 108 Å². The minimum Gasteiger partial charge on any atom is -0.477 e. The number of carbonyl (C=O) groups excluding carboxylic acids is 2. The van der Waals surface area contributed by atoms with Crippen molar-refractivity contribution < 1.29 is 42.9 Å². The fourth-order valence-corrected chi connectivity index (χ4v) is 10.3. The molecule has 0 rings (SSSR count). The first kappa shape index (κ1) is 85.7. The van der Waals surface area contributed by atoms with E-state index in [0.29, 0.717) is 23.9 Å². The van der Waals surface area contributed by atoms with Gasteiger partial charge in [0.15, 0.2) is 6.10 Å². The molecule has 0 amide bonds. The molecule has 516 valence electrons. The summed E-state index contributed by atoms with van der Waals surface area (Å²) in [6.07, 6.45) is 97.7. The summed E-state index contributed by atoms with van der Waals surface area (Å²) in [5.41, 5.74) is 0. The van der Waals surface area contributed by atoms with Gasteiger partial charge in [0.1, 0.15) is 13.2 Å². The minimum absolute atomic E-state index is 0.174. The highest BCUT2D eigenvalue weighted by Gasteiger charge is 2.25. The van der Waals surface area contributed by atoms with Gasteiger partial charge in [-0.2, -0.15) is 0 Å². The van der Waals surface area contributed by atoms with E-state index in [2.05, 4.69) is 135 Å². The number of carbonyl (C=O) groups is 3. The standard InChI is InChI=1S/C81H139NO8/c1-6-8-10-12-14-16-18-20-22-24-26-28-30-32-34-36-38-40-42-44-46-48-50-52-54-56-58-60-62-64-66-68-70-72-79(84)90-77(76-89-81(80(85)86)87-74-73-82(3,4)5)75-88-78(83)71-69-67-65-63-61-59-57-55-53-51-49-47-45-43-41-39-37-35-33-31-29-27-25-23-21-19-17-15-13-11-9-7-2/h8,10,14,16,20,22,26,28,32,34,38,40,44,46,50,52,56,58,62,64,77,81H,6-7,9,11-13,15,17-19,21,23-25,27,29-31,33,35-37,39,41-43,45,47-49,51,53-55,57,59-61,63,65-76H2,1-5H3/p+1/b10-8-,16-14-,22-20-,28-26-,34-32-,40-38-,46-44-,52-50-,58-56-,64-62-. The van der Waals surface area contributed by atoms with Crippen LogP contribution in [0.4, 0.5) is 0 Å². The smallest absolute Gasteiger partial charge is 0.361 e. The number of likely N-dealkylation sites (N-methyl/N-ethyl adjacent to an activating group) is 1. The molecule has 0 aromatic rings. The molecule has 0 saturated carbocycles. The summed E-state index contributed by atoms with van der Waals surface area (Å²) in [7, 11) is 5.96. The molecule has 0 radical (unpaired) electrons. The van der Waals surface area contributed by atoms with Crippen LogP contribution in [0.1, 0.15) is 316 Å². The van der Waals surface area contributed by atoms with Crippen LogP contribution in [0, 0.1) is 0 Å². The van der Waals surface area contributed by atoms with Crippen molar-refractivity contribution in [1.29, 1.82) is 0 Å². The maximum atomic E-state index is 12.9. The van der Waals surface area contributed by atoms with E-state index in [-0.39, 0.29) is 32.2 Å². The summed E-state index contributed by atoms with van der Waals surface area (Å²) in [6, 6.07) is 0. The molecule has 0 aliphatic rings. The van der Waals surface area contributed by atoms with Gasteiger partial charge in [0.25, 0.3) is 6.29 Å². The number of allylic oxidation sites excluding steroid dienone is 20. The van der Waals surface area contributed by atoms with Crippen molar-refractivity contribution in [2.45, 2.75) is 328 Å². The second kappa shape index (κ2) is 70.6. The highest BCUT2D eigenvalue weighted by Crippen LogP contribution is 2.18. The van der Waals surface area contributed by atoms with Crippen molar-refractivity contribution in [2.24, 2.45) is 0 Å². The Balaban J connectivity index is 4.18. The van der Waals surface area contributed by atoms with E-state index in [1.54, 1.807) is 0 Å². The minimum atomic E-state index is -1.53. The number of nitrogens with zero attached hydrogens (tertiary/aromatic N) is 1. The van der Waals surface area contributed by atoms with Gasteiger partial charge < -0.3 is 28.5 Å². The number of esters is 2. The van der Waals surface area contributed by atoms with Crippen molar-refractivity contribution in [3.8, 4) is 0 Å². The second-order valence-corrected chi connectivity index (χ2v) is 25.9. The molecule has 9 heteroatoms. The highest BCUT2D eigenvalue weighted by molar-refractivity contribution is 5.71. The molecule has 0 bridgehead atoms. The largest absolute Gasteiger partial charge is 0.477 e. The molecular weight excluding hydrogens is 1110 g/mol. The molecule has 2 atom stereocenters. The average Bonchev–Trinajstić information content (AvgIpc) is 3.72. The molecule has 0 aliphatic heterocycles. The Labute approximate surface area is 555 Å². The first-order chi connectivity index (χ1) is 44.1. The van der Waals surface area contributed by atoms with Gasteiger partial charge >= 0.3 is 17.9 Å². The van der Waals surface area contributed by atoms with Crippen LogP contribution in [0.15, 0.2) is 122 Å². The number of hydrogen-bond donors (Lipinski definition) is 1. The molecule has 0 aromatic carbocycles. The number of rotatable bonds is 68. The predicted octanol–water partition coefficient (Wildman–Crippen LogP) is 23.5. The third kappa shape index (κ3) is 71.1. The zero-order valence-electron chi connectivity index (χ0n) is 59.0. The van der Waals surface area contributed by atoms with Crippen molar-refractivity contribution in [3.05, 3.63) is 122 Å². The summed E-state index contributed by atoms with van der Waals surface area (Å²) in [6.45, 7) is 4.74. The Kier molecular flexibility index (Phi) is 67.2. The van der Waals surface area contributed by atoms with E-state index in [1.165, 1.54) is 186 Å². The zero-order chi connectivity index (χ0) is 65.4. The molecule has 2 unspecified atom stereocenters. The lowest BCUT2D eigenvalue weighted by atomic mass is 10.0. The molecule has 0 saturated heterocycles. The summed E-state index contributed by atoms with van der Waals surface area (Å²) < 4.78 is 22.9. The van der Waals surface area contributed by atoms with Crippen LogP contribution >= 0.6 is 0 Å². The quantitative estimate of drug-likeness (QED) is 0.0211. The van der Waals surface area contributed by atoms with Crippen LogP contribution in [-0.4, -0.2) is 87.4 Å². The van der Waals surface area contributed by atoms with Crippen molar-refractivity contribution in [3.63, 3.8) is 0 Å². The molecule has 0 spiro atoms. The Morgan fingerprint density at radius 3 is 0.944 bits per heavy atom. The SMILES string of the molecule is CC/C=C\C/C=C\C/C=C\C/C=C\C/C=C\C/C=C\C/C=C\C/C=C\C/C=C\C/C=C\CCCCC(=O)OC(COC(=O)CCCCCCCCCCCCCCCCCCCCCCCCCCCCCCCCCC)COC(OCC[N+](C)(C)C)C(=O)O. The van der Waals surface area contributed by atoms with Crippen LogP contribution in [0.3, 0.4) is 0 Å². The molecule has 0 fully saturated rings. The molecular formula is C81H140NO8+. The molecule has 0 aliphatic carbocycles. The molecule has 1 N–H and O–H groups in total. The summed E-state index contributed by atoms with van der Waals surface area (Å²) in [5, 5.41) is 9.75. The number of quaternary nitrogens is 1. The fraction of sp³-hybridized carbons (Fsp3) is 0.716. The Morgan fingerprint density at radius 2 is 0.633 bits per heavy atom. The van der Waals surface area contributed by atoms with Gasteiger partial charge in [-0.3, -0.25) is 9.59 Å². The number of ether oxygens (including phenoxy) is 4. The van der Waals surface area contributed by atoms with Crippen molar-refractivity contribution >= 4 is 17.9 Å². The van der Waals surface area contributed by atoms with Crippen LogP contribution < -0.4 is 0 Å². The van der Waals surface area contributed by atoms with Gasteiger partial charge in [0, 0.05) is 12.8 Å². The van der Waals surface area contributed by atoms with E-state index in [0.717, 1.165) is 96.3 Å². The molecule has 9 nitrogen and oxygen atoms in total. The lowest BCUT2D eigenvalue weighted by molar-refractivity contribution is -0.870. The first-order valence-corrected chi connectivity index (χ1v) is 37.2. The molecule has 0 aromatic heterocycles. The first-order valence-electron chi connectivity index (χ1n) is 37.2. The third-order valence-electron chi connectivity index (χ3n) is 16.0. The monoisotopic (exact) mass is 1260 g/mol. The Hall–Kier alpha value is -4.31. The summed E-state index contributed by atoms with van der Waals surface area (Å²) in [5.74, 6) is -2.06. The van der Waals surface area contributed by atoms with E-state index < -0.39 is 24.3 Å². The number of carboxylic acid groups (broad SMARTS) is 1. The second-order valence-electron chi connectivity index (χ2n) is 25.9. The number of carboxylic acids is 1. The lowest BCUT2D eigenvalue weighted by Gasteiger charge is -2.25. The lowest BCUT2D eigenvalue weighted by Crippen LogP contribution is -2.40. The maximum absolute atomic E-state index is 12.9.